The zero-order chi connectivity index (χ0) is 33.1. The molecule has 5 aromatic carbocycles. The second-order valence-electron chi connectivity index (χ2n) is 11.3. The van der Waals surface area contributed by atoms with Gasteiger partial charge in [-0.2, -0.15) is 0 Å². The predicted molar refractivity (Wildman–Crippen MR) is 174 cm³/mol. The molecule has 240 valence electrons. The van der Waals surface area contributed by atoms with Crippen molar-refractivity contribution >= 4 is 31.5 Å². The number of para-hydroxylation sites is 1. The summed E-state index contributed by atoms with van der Waals surface area (Å²) in [5.74, 6) is 0. The van der Waals surface area contributed by atoms with Gasteiger partial charge < -0.3 is 9.79 Å². The van der Waals surface area contributed by atoms with Crippen molar-refractivity contribution in [2.24, 2.45) is 0 Å². The minimum absolute atomic E-state index is 0.0523. The molecule has 0 saturated carbocycles. The van der Waals surface area contributed by atoms with Gasteiger partial charge in [0.25, 0.3) is 0 Å². The molecule has 0 bridgehead atoms. The fourth-order valence-electron chi connectivity index (χ4n) is 5.87. The van der Waals surface area contributed by atoms with Crippen molar-refractivity contribution < 1.29 is 37.4 Å². The lowest BCUT2D eigenvalue weighted by atomic mass is 9.78. The summed E-state index contributed by atoms with van der Waals surface area (Å²) in [5, 5.41) is 9.08. The van der Waals surface area contributed by atoms with E-state index in [1.54, 1.807) is 36.4 Å². The van der Waals surface area contributed by atoms with Gasteiger partial charge in [0.2, 0.25) is 0 Å². The first-order chi connectivity index (χ1) is 22.6. The smallest absolute Gasteiger partial charge is 0.321 e. The van der Waals surface area contributed by atoms with E-state index in [4.69, 9.17) is 0 Å². The summed E-state index contributed by atoms with van der Waals surface area (Å²) in [6.07, 6.45) is 0.310. The molecule has 0 aliphatic rings. The molecule has 0 fully saturated rings. The van der Waals surface area contributed by atoms with Gasteiger partial charge in [0.05, 0.1) is 22.5 Å². The summed E-state index contributed by atoms with van der Waals surface area (Å²) < 4.78 is 57.8. The van der Waals surface area contributed by atoms with Crippen molar-refractivity contribution in [1.29, 1.82) is 0 Å². The third-order valence-corrected chi connectivity index (χ3v) is 10.3. The van der Waals surface area contributed by atoms with E-state index in [1.807, 2.05) is 83.5 Å². The number of halogens is 2. The van der Waals surface area contributed by atoms with E-state index in [9.17, 15) is 28.0 Å². The van der Waals surface area contributed by atoms with Crippen LogP contribution in [0.4, 0.5) is 9.05 Å². The Morgan fingerprint density at radius 3 is 1.91 bits per heavy atom. The lowest BCUT2D eigenvalue weighted by Gasteiger charge is -2.36. The molecule has 47 heavy (non-hydrogen) atoms. The van der Waals surface area contributed by atoms with Crippen LogP contribution in [-0.4, -0.2) is 24.8 Å². The van der Waals surface area contributed by atoms with E-state index in [1.165, 1.54) is 12.1 Å². The Labute approximate surface area is 268 Å². The van der Waals surface area contributed by atoms with Crippen LogP contribution in [0.25, 0.3) is 22.2 Å². The molecule has 0 radical (unpaired) electrons. The van der Waals surface area contributed by atoms with Crippen LogP contribution in [0, 0.1) is 0 Å². The molecular weight excluding hydrogens is 646 g/mol. The molecular formula is C34H29F2N3O6P2. The molecule has 0 saturated heterocycles. The molecule has 6 aromatic rings. The van der Waals surface area contributed by atoms with Gasteiger partial charge in [-0.1, -0.05) is 108 Å². The van der Waals surface area contributed by atoms with Gasteiger partial charge in [-0.3, -0.25) is 9.13 Å². The second-order valence-corrected chi connectivity index (χ2v) is 14.7. The summed E-state index contributed by atoms with van der Waals surface area (Å²) >= 11 is 0. The zero-order valence-corrected chi connectivity index (χ0v) is 26.6. The number of fused-ring (bicyclic) bond motifs is 1. The van der Waals surface area contributed by atoms with Crippen LogP contribution in [0.5, 0.6) is 0 Å². The monoisotopic (exact) mass is 675 g/mol. The largest absolute Gasteiger partial charge is 0.399 e. The third kappa shape index (κ3) is 7.01. The Bertz CT molecular complexity index is 2080. The summed E-state index contributed by atoms with van der Waals surface area (Å²) in [6, 6.07) is 38.5. The van der Waals surface area contributed by atoms with Crippen molar-refractivity contribution in [3.05, 3.63) is 150 Å². The Morgan fingerprint density at radius 1 is 0.681 bits per heavy atom. The first-order valence-electron chi connectivity index (χ1n) is 14.5. The number of hydrogen-bond donors (Lipinski definition) is 2. The Hall–Kier alpha value is -4.34. The second kappa shape index (κ2) is 13.4. The van der Waals surface area contributed by atoms with Crippen LogP contribution in [0.3, 0.4) is 0 Å². The van der Waals surface area contributed by atoms with E-state index in [-0.39, 0.29) is 5.30 Å². The van der Waals surface area contributed by atoms with E-state index < -0.39 is 26.9 Å². The highest BCUT2D eigenvalue weighted by molar-refractivity contribution is 7.60. The molecule has 13 heteroatoms. The van der Waals surface area contributed by atoms with Crippen molar-refractivity contribution in [3.63, 3.8) is 0 Å². The maximum absolute atomic E-state index is 12.7. The average molecular weight is 676 g/mol. The average Bonchev–Trinajstić information content (AvgIpc) is 3.54. The first-order valence-corrected chi connectivity index (χ1v) is 17.9. The van der Waals surface area contributed by atoms with Crippen LogP contribution in [0.1, 0.15) is 22.3 Å². The van der Waals surface area contributed by atoms with Crippen molar-refractivity contribution in [1.82, 2.24) is 15.0 Å². The minimum atomic E-state index is -4.55. The fourth-order valence-corrected chi connectivity index (χ4v) is 7.24. The van der Waals surface area contributed by atoms with E-state index in [2.05, 4.69) is 19.8 Å². The maximum atomic E-state index is 12.7. The summed E-state index contributed by atoms with van der Waals surface area (Å²) in [6.45, 7) is 0. The third-order valence-electron chi connectivity index (χ3n) is 8.14. The highest BCUT2D eigenvalue weighted by Gasteiger charge is 2.38. The van der Waals surface area contributed by atoms with Gasteiger partial charge in [-0.25, -0.2) is 4.68 Å². The normalized spacial score (nSPS) is 13.4. The van der Waals surface area contributed by atoms with Crippen molar-refractivity contribution in [2.75, 3.05) is 0 Å². The van der Waals surface area contributed by atoms with Gasteiger partial charge >= 0.3 is 15.2 Å². The van der Waals surface area contributed by atoms with Gasteiger partial charge in [0, 0.05) is 12.8 Å². The number of aromatic nitrogens is 3. The lowest BCUT2D eigenvalue weighted by Crippen LogP contribution is -2.40. The van der Waals surface area contributed by atoms with Gasteiger partial charge in [-0.15, -0.1) is 14.6 Å². The molecule has 1 atom stereocenters. The molecule has 0 amide bonds. The SMILES string of the molecule is O=P(Cc1ccc(CC(Cc2ccc(-c3cccc(P(=O)(O)O)c3)cc2)(c2ccccc2)n2nnc3ccccc32)cc1)(OF)OF. The standard InChI is InChI=1S/C34H29F2N3O6P2/c35-44-46(40,45-36)24-27-15-13-25(14-16-27)22-34(30-8-2-1-3-9-30,39-33-12-5-4-11-32(33)37-38-39)23-26-17-19-28(20-18-26)29-7-6-10-31(21-29)47(41,42)43/h1-21H,22-24H2,(H2,41,42,43). The maximum Gasteiger partial charge on any atom is 0.399 e. The molecule has 0 aliphatic carbocycles. The Kier molecular flexibility index (Phi) is 9.30. The van der Waals surface area contributed by atoms with Crippen LogP contribution < -0.4 is 5.30 Å². The molecule has 0 spiro atoms. The highest BCUT2D eigenvalue weighted by atomic mass is 31.2. The number of benzene rings is 5. The fraction of sp³-hybridized carbons (Fsp3) is 0.118. The van der Waals surface area contributed by atoms with Crippen LogP contribution in [0.15, 0.2) is 127 Å². The Balaban J connectivity index is 1.43. The first kappa shape index (κ1) is 32.6. The van der Waals surface area contributed by atoms with Crippen LogP contribution in [0.2, 0.25) is 0 Å². The summed E-state index contributed by atoms with van der Waals surface area (Å²) in [7, 11) is -8.96. The molecule has 9 nitrogen and oxygen atoms in total. The molecule has 0 aliphatic heterocycles. The summed E-state index contributed by atoms with van der Waals surface area (Å²) in [5.41, 5.74) is 5.33. The topological polar surface area (TPSA) is 124 Å². The Morgan fingerprint density at radius 2 is 1.28 bits per heavy atom. The van der Waals surface area contributed by atoms with E-state index in [0.29, 0.717) is 24.0 Å². The molecule has 1 aromatic heterocycles. The van der Waals surface area contributed by atoms with Gasteiger partial charge in [0.15, 0.2) is 0 Å². The molecule has 6 rings (SSSR count). The quantitative estimate of drug-likeness (QED) is 0.127. The molecule has 2 N–H and O–H groups in total. The highest BCUT2D eigenvalue weighted by Crippen LogP contribution is 2.52. The van der Waals surface area contributed by atoms with E-state index in [0.717, 1.165) is 33.3 Å². The molecule has 1 unspecified atom stereocenters. The summed E-state index contributed by atoms with van der Waals surface area (Å²) in [4.78, 5) is 19.3. The van der Waals surface area contributed by atoms with Crippen LogP contribution >= 0.6 is 15.2 Å². The van der Waals surface area contributed by atoms with Crippen molar-refractivity contribution in [2.45, 2.75) is 24.5 Å². The molecule has 1 heterocycles. The minimum Gasteiger partial charge on any atom is -0.321 e. The van der Waals surface area contributed by atoms with E-state index >= 15 is 0 Å². The van der Waals surface area contributed by atoms with Gasteiger partial charge in [-0.05, 0) is 66.7 Å². The number of nitrogens with zero attached hydrogens (tertiary/aromatic N) is 3. The zero-order valence-electron chi connectivity index (χ0n) is 24.8. The lowest BCUT2D eigenvalue weighted by molar-refractivity contribution is -0.0881. The van der Waals surface area contributed by atoms with Crippen molar-refractivity contribution in [3.8, 4) is 11.1 Å². The number of rotatable bonds is 12. The number of hydrogen-bond acceptors (Lipinski definition) is 6. The van der Waals surface area contributed by atoms with Gasteiger partial charge in [0.1, 0.15) is 5.52 Å². The predicted octanol–water partition coefficient (Wildman–Crippen LogP) is 7.63. The van der Waals surface area contributed by atoms with Crippen LogP contribution in [-0.2, 0) is 43.1 Å².